The molecule has 4 rings (SSSR count). The second-order valence-corrected chi connectivity index (χ2v) is 9.19. The van der Waals surface area contributed by atoms with E-state index in [9.17, 15) is 19.2 Å². The maximum Gasteiger partial charge on any atom is 0.233 e. The minimum absolute atomic E-state index is 0.0594. The molecular weight excluding hydrogens is 422 g/mol. The molecule has 1 aromatic rings. The summed E-state index contributed by atoms with van der Waals surface area (Å²) in [6.07, 6.45) is 4.82. The zero-order valence-electron chi connectivity index (χ0n) is 19.3. The summed E-state index contributed by atoms with van der Waals surface area (Å²) in [6, 6.07) is 7.71. The quantitative estimate of drug-likeness (QED) is 0.586. The summed E-state index contributed by atoms with van der Waals surface area (Å²) in [4.78, 5) is 55.3. The SMILES string of the molecule is COc1ccc(CCC(=O)N2CCN(C(=O)CCN3C(=O)C4CCCCC4C3=O)CC2)cc1. The van der Waals surface area contributed by atoms with Gasteiger partial charge in [-0.15, -0.1) is 0 Å². The molecule has 178 valence electrons. The molecule has 3 fully saturated rings. The van der Waals surface area contributed by atoms with Gasteiger partial charge >= 0.3 is 0 Å². The van der Waals surface area contributed by atoms with Crippen molar-refractivity contribution in [1.82, 2.24) is 14.7 Å². The van der Waals surface area contributed by atoms with Crippen molar-refractivity contribution in [1.29, 1.82) is 0 Å². The van der Waals surface area contributed by atoms with Crippen LogP contribution in [-0.2, 0) is 25.6 Å². The molecule has 0 aromatic heterocycles. The van der Waals surface area contributed by atoms with Crippen LogP contribution in [0.25, 0.3) is 0 Å². The van der Waals surface area contributed by atoms with Crippen LogP contribution >= 0.6 is 0 Å². The Morgan fingerprint density at radius 2 is 1.36 bits per heavy atom. The van der Waals surface area contributed by atoms with Gasteiger partial charge in [-0.05, 0) is 37.0 Å². The normalized spacial score (nSPS) is 23.0. The van der Waals surface area contributed by atoms with E-state index in [1.807, 2.05) is 29.2 Å². The van der Waals surface area contributed by atoms with Crippen molar-refractivity contribution in [2.45, 2.75) is 44.9 Å². The minimum Gasteiger partial charge on any atom is -0.497 e. The predicted octanol–water partition coefficient (Wildman–Crippen LogP) is 1.86. The number of methoxy groups -OCH3 is 1. The first-order valence-electron chi connectivity index (χ1n) is 12.0. The highest BCUT2D eigenvalue weighted by molar-refractivity contribution is 6.05. The fourth-order valence-electron chi connectivity index (χ4n) is 5.22. The molecule has 33 heavy (non-hydrogen) atoms. The molecule has 2 heterocycles. The second-order valence-electron chi connectivity index (χ2n) is 9.19. The van der Waals surface area contributed by atoms with Gasteiger partial charge < -0.3 is 14.5 Å². The number of amides is 4. The van der Waals surface area contributed by atoms with Gasteiger partial charge in [0, 0.05) is 45.6 Å². The van der Waals surface area contributed by atoms with Crippen LogP contribution in [0.1, 0.15) is 44.1 Å². The number of likely N-dealkylation sites (tertiary alicyclic amines) is 1. The van der Waals surface area contributed by atoms with E-state index < -0.39 is 0 Å². The molecule has 8 heteroatoms. The Morgan fingerprint density at radius 3 is 1.88 bits per heavy atom. The molecule has 2 unspecified atom stereocenters. The average Bonchev–Trinajstić information content (AvgIpc) is 3.11. The van der Waals surface area contributed by atoms with Crippen LogP contribution < -0.4 is 4.74 Å². The standard InChI is InChI=1S/C25H33N3O5/c1-33-19-9-6-18(7-10-19)8-11-22(29)26-14-16-27(17-15-26)23(30)12-13-28-24(31)20-4-2-3-5-21(20)25(28)32/h6-7,9-10,20-21H,2-5,8,11-17H2,1H3. The van der Waals surface area contributed by atoms with Crippen LogP contribution in [0.5, 0.6) is 5.75 Å². The summed E-state index contributed by atoms with van der Waals surface area (Å²) in [5.41, 5.74) is 1.09. The third-order valence-electron chi connectivity index (χ3n) is 7.25. The molecule has 0 radical (unpaired) electrons. The van der Waals surface area contributed by atoms with Crippen LogP contribution in [0.2, 0.25) is 0 Å². The van der Waals surface area contributed by atoms with E-state index >= 15 is 0 Å². The fourth-order valence-corrected chi connectivity index (χ4v) is 5.22. The van der Waals surface area contributed by atoms with Crippen molar-refractivity contribution in [2.75, 3.05) is 39.8 Å². The number of benzene rings is 1. The Bertz CT molecular complexity index is 868. The Kier molecular flexibility index (Phi) is 7.30. The van der Waals surface area contributed by atoms with Crippen molar-refractivity contribution in [3.63, 3.8) is 0 Å². The molecule has 2 atom stereocenters. The number of nitrogens with zero attached hydrogens (tertiary/aromatic N) is 3. The van der Waals surface area contributed by atoms with E-state index in [4.69, 9.17) is 4.74 Å². The third kappa shape index (κ3) is 5.20. The number of carbonyl (C=O) groups is 4. The first kappa shape index (κ1) is 23.3. The van der Waals surface area contributed by atoms with E-state index in [1.54, 1.807) is 12.0 Å². The zero-order valence-corrected chi connectivity index (χ0v) is 19.3. The van der Waals surface area contributed by atoms with Gasteiger partial charge in [-0.25, -0.2) is 0 Å². The van der Waals surface area contributed by atoms with Crippen LogP contribution in [0.15, 0.2) is 24.3 Å². The molecule has 0 spiro atoms. The van der Waals surface area contributed by atoms with Gasteiger partial charge in [0.05, 0.1) is 18.9 Å². The van der Waals surface area contributed by atoms with Crippen molar-refractivity contribution >= 4 is 23.6 Å². The molecule has 1 saturated carbocycles. The first-order chi connectivity index (χ1) is 16.0. The highest BCUT2D eigenvalue weighted by Crippen LogP contribution is 2.38. The van der Waals surface area contributed by atoms with Crippen molar-refractivity contribution < 1.29 is 23.9 Å². The number of rotatable bonds is 7. The molecule has 4 amide bonds. The summed E-state index contributed by atoms with van der Waals surface area (Å²) < 4.78 is 5.15. The lowest BCUT2D eigenvalue weighted by molar-refractivity contribution is -0.143. The van der Waals surface area contributed by atoms with Gasteiger partial charge in [-0.3, -0.25) is 24.1 Å². The number of hydrogen-bond donors (Lipinski definition) is 0. The molecule has 2 saturated heterocycles. The molecule has 1 aliphatic carbocycles. The van der Waals surface area contributed by atoms with E-state index in [2.05, 4.69) is 0 Å². The number of imide groups is 1. The summed E-state index contributed by atoms with van der Waals surface area (Å²) in [5, 5.41) is 0. The fraction of sp³-hybridized carbons (Fsp3) is 0.600. The third-order valence-corrected chi connectivity index (χ3v) is 7.25. The van der Waals surface area contributed by atoms with E-state index in [1.165, 1.54) is 4.90 Å². The summed E-state index contributed by atoms with van der Waals surface area (Å²) in [6.45, 7) is 2.17. The maximum absolute atomic E-state index is 12.7. The topological polar surface area (TPSA) is 87.2 Å². The maximum atomic E-state index is 12.7. The van der Waals surface area contributed by atoms with E-state index in [0.717, 1.165) is 37.0 Å². The Hall–Kier alpha value is -2.90. The molecule has 1 aromatic carbocycles. The first-order valence-corrected chi connectivity index (χ1v) is 12.0. The zero-order chi connectivity index (χ0) is 23.4. The van der Waals surface area contributed by atoms with Gasteiger partial charge in [0.25, 0.3) is 0 Å². The van der Waals surface area contributed by atoms with Crippen LogP contribution in [0, 0.1) is 11.8 Å². The molecule has 2 aliphatic heterocycles. The molecule has 0 bridgehead atoms. The Labute approximate surface area is 194 Å². The lowest BCUT2D eigenvalue weighted by atomic mass is 9.81. The largest absolute Gasteiger partial charge is 0.497 e. The Balaban J connectivity index is 1.19. The van der Waals surface area contributed by atoms with Crippen LogP contribution in [0.4, 0.5) is 0 Å². The smallest absolute Gasteiger partial charge is 0.233 e. The number of hydrogen-bond acceptors (Lipinski definition) is 5. The second kappa shape index (κ2) is 10.4. The molecule has 0 N–H and O–H groups in total. The molecule has 3 aliphatic rings. The summed E-state index contributed by atoms with van der Waals surface area (Å²) >= 11 is 0. The highest BCUT2D eigenvalue weighted by atomic mass is 16.5. The minimum atomic E-state index is -0.172. The van der Waals surface area contributed by atoms with Gasteiger partial charge in [-0.1, -0.05) is 25.0 Å². The Morgan fingerprint density at radius 1 is 0.848 bits per heavy atom. The van der Waals surface area contributed by atoms with Crippen LogP contribution in [-0.4, -0.2) is 78.2 Å². The summed E-state index contributed by atoms with van der Waals surface area (Å²) in [5.74, 6) is 0.296. The van der Waals surface area contributed by atoms with E-state index in [0.29, 0.717) is 39.0 Å². The summed E-state index contributed by atoms with van der Waals surface area (Å²) in [7, 11) is 1.63. The number of ether oxygens (including phenoxy) is 1. The lowest BCUT2D eigenvalue weighted by Gasteiger charge is -2.35. The van der Waals surface area contributed by atoms with Crippen molar-refractivity contribution in [2.24, 2.45) is 11.8 Å². The van der Waals surface area contributed by atoms with Gasteiger partial charge in [0.2, 0.25) is 23.6 Å². The predicted molar refractivity (Wildman–Crippen MR) is 121 cm³/mol. The molecular formula is C25H33N3O5. The highest BCUT2D eigenvalue weighted by Gasteiger charge is 2.47. The average molecular weight is 456 g/mol. The lowest BCUT2D eigenvalue weighted by Crippen LogP contribution is -2.51. The van der Waals surface area contributed by atoms with Crippen molar-refractivity contribution in [3.05, 3.63) is 29.8 Å². The molecule has 8 nitrogen and oxygen atoms in total. The monoisotopic (exact) mass is 455 g/mol. The van der Waals surface area contributed by atoms with Crippen LogP contribution in [0.3, 0.4) is 0 Å². The number of carbonyl (C=O) groups excluding carboxylic acids is 4. The number of piperazine rings is 1. The number of fused-ring (bicyclic) bond motifs is 1. The number of aryl methyl sites for hydroxylation is 1. The van der Waals surface area contributed by atoms with Crippen molar-refractivity contribution in [3.8, 4) is 5.75 Å². The van der Waals surface area contributed by atoms with Gasteiger partial charge in [-0.2, -0.15) is 0 Å². The van der Waals surface area contributed by atoms with Gasteiger partial charge in [0.1, 0.15) is 5.75 Å². The van der Waals surface area contributed by atoms with E-state index in [-0.39, 0.29) is 48.4 Å². The van der Waals surface area contributed by atoms with Gasteiger partial charge in [0.15, 0.2) is 0 Å².